The first-order chi connectivity index (χ1) is 12.6. The Hall–Kier alpha value is -2.57. The van der Waals surface area contributed by atoms with Crippen LogP contribution in [0.3, 0.4) is 0 Å². The number of amides is 2. The van der Waals surface area contributed by atoms with E-state index in [1.54, 1.807) is 0 Å². The van der Waals surface area contributed by atoms with Crippen LogP contribution in [0.4, 0.5) is 0 Å². The summed E-state index contributed by atoms with van der Waals surface area (Å²) in [6.07, 6.45) is 6.81. The molecular formula is C19H25N5O2. The number of hydrogen-bond donors (Lipinski definition) is 0. The van der Waals surface area contributed by atoms with E-state index in [0.717, 1.165) is 44.6 Å². The molecule has 0 spiro atoms. The number of aromatic nitrogens is 3. The van der Waals surface area contributed by atoms with Gasteiger partial charge in [-0.3, -0.25) is 14.3 Å². The summed E-state index contributed by atoms with van der Waals surface area (Å²) in [5, 5.41) is 4.53. The highest BCUT2D eigenvalue weighted by Gasteiger charge is 2.27. The van der Waals surface area contributed by atoms with Gasteiger partial charge in [0.05, 0.1) is 12.2 Å². The minimum Gasteiger partial charge on any atom is -0.342 e. The Morgan fingerprint density at radius 3 is 2.42 bits per heavy atom. The summed E-state index contributed by atoms with van der Waals surface area (Å²) in [5.74, 6) is 0.116. The summed E-state index contributed by atoms with van der Waals surface area (Å²) in [6.45, 7) is 5.52. The number of carbonyl (C=O) groups is 2. The van der Waals surface area contributed by atoms with Crippen molar-refractivity contribution < 1.29 is 9.59 Å². The molecular weight excluding hydrogens is 330 g/mol. The lowest BCUT2D eigenvalue weighted by Gasteiger charge is -2.24. The maximum Gasteiger partial charge on any atom is 0.274 e. The van der Waals surface area contributed by atoms with E-state index in [4.69, 9.17) is 0 Å². The molecule has 0 aliphatic carbocycles. The highest BCUT2D eigenvalue weighted by atomic mass is 16.2. The standard InChI is InChI=1S/C19H25N5O2/c1-15(21-7-2-3-8-21)18(25)23-11-6-12-24-16(14-23)13-17(20-24)19(26)22-9-4-5-10-22/h2-3,7-8,13,15H,4-6,9-12,14H2,1H3/t15-/m1/s1. The monoisotopic (exact) mass is 355 g/mol. The predicted octanol–water partition coefficient (Wildman–Crippen LogP) is 1.91. The highest BCUT2D eigenvalue weighted by Crippen LogP contribution is 2.20. The largest absolute Gasteiger partial charge is 0.342 e. The van der Waals surface area contributed by atoms with Crippen LogP contribution >= 0.6 is 0 Å². The third-order valence-electron chi connectivity index (χ3n) is 5.37. The van der Waals surface area contributed by atoms with Crippen LogP contribution in [0.1, 0.15) is 48.4 Å². The van der Waals surface area contributed by atoms with Gasteiger partial charge in [-0.25, -0.2) is 0 Å². The van der Waals surface area contributed by atoms with Crippen LogP contribution in [-0.2, 0) is 17.9 Å². The minimum atomic E-state index is -0.231. The Balaban J connectivity index is 1.51. The van der Waals surface area contributed by atoms with Gasteiger partial charge in [-0.05, 0) is 44.4 Å². The van der Waals surface area contributed by atoms with E-state index in [-0.39, 0.29) is 17.9 Å². The molecule has 0 bridgehead atoms. The first-order valence-corrected chi connectivity index (χ1v) is 9.41. The predicted molar refractivity (Wildman–Crippen MR) is 96.5 cm³/mol. The maximum absolute atomic E-state index is 12.9. The van der Waals surface area contributed by atoms with Gasteiger partial charge in [-0.2, -0.15) is 5.10 Å². The third-order valence-corrected chi connectivity index (χ3v) is 5.37. The van der Waals surface area contributed by atoms with Crippen LogP contribution in [-0.4, -0.2) is 55.6 Å². The number of likely N-dealkylation sites (tertiary alicyclic amines) is 1. The zero-order valence-electron chi connectivity index (χ0n) is 15.2. The number of rotatable bonds is 3. The van der Waals surface area contributed by atoms with E-state index in [0.29, 0.717) is 18.8 Å². The molecule has 2 aliphatic heterocycles. The quantitative estimate of drug-likeness (QED) is 0.845. The lowest BCUT2D eigenvalue weighted by atomic mass is 10.2. The molecule has 0 N–H and O–H groups in total. The smallest absolute Gasteiger partial charge is 0.274 e. The molecule has 0 aromatic carbocycles. The molecule has 2 aromatic heterocycles. The SMILES string of the molecule is C[C@H](C(=O)N1CCCn2nc(C(=O)N3CCCC3)cc2C1)n1cccc1. The van der Waals surface area contributed by atoms with Gasteiger partial charge in [0.2, 0.25) is 5.91 Å². The first kappa shape index (κ1) is 16.9. The van der Waals surface area contributed by atoms with Gasteiger partial charge in [-0.1, -0.05) is 0 Å². The number of aryl methyl sites for hydroxylation is 1. The van der Waals surface area contributed by atoms with Gasteiger partial charge in [-0.15, -0.1) is 0 Å². The van der Waals surface area contributed by atoms with Crippen molar-refractivity contribution in [3.63, 3.8) is 0 Å². The molecule has 1 saturated heterocycles. The summed E-state index contributed by atoms with van der Waals surface area (Å²) in [7, 11) is 0. The topological polar surface area (TPSA) is 63.4 Å². The van der Waals surface area contributed by atoms with Gasteiger partial charge < -0.3 is 14.4 Å². The fraction of sp³-hybridized carbons (Fsp3) is 0.526. The summed E-state index contributed by atoms with van der Waals surface area (Å²) in [5.41, 5.74) is 1.45. The van der Waals surface area contributed by atoms with Crippen LogP contribution in [0.15, 0.2) is 30.6 Å². The van der Waals surface area contributed by atoms with Crippen LogP contribution in [0.5, 0.6) is 0 Å². The Labute approximate surface area is 153 Å². The van der Waals surface area contributed by atoms with E-state index < -0.39 is 0 Å². The van der Waals surface area contributed by atoms with Crippen LogP contribution < -0.4 is 0 Å². The average Bonchev–Trinajstić information content (AvgIpc) is 3.40. The zero-order valence-corrected chi connectivity index (χ0v) is 15.2. The molecule has 1 atom stereocenters. The molecule has 7 nitrogen and oxygen atoms in total. The van der Waals surface area contributed by atoms with Crippen LogP contribution in [0.25, 0.3) is 0 Å². The zero-order chi connectivity index (χ0) is 18.1. The average molecular weight is 355 g/mol. The lowest BCUT2D eigenvalue weighted by Crippen LogP contribution is -2.35. The molecule has 26 heavy (non-hydrogen) atoms. The maximum atomic E-state index is 12.9. The van der Waals surface area contributed by atoms with Gasteiger partial charge in [0.15, 0.2) is 5.69 Å². The van der Waals surface area contributed by atoms with Crippen molar-refractivity contribution in [2.24, 2.45) is 0 Å². The van der Waals surface area contributed by atoms with Crippen molar-refractivity contribution in [1.82, 2.24) is 24.1 Å². The van der Waals surface area contributed by atoms with E-state index in [1.807, 2.05) is 56.6 Å². The van der Waals surface area contributed by atoms with E-state index in [1.165, 1.54) is 0 Å². The molecule has 2 amide bonds. The summed E-state index contributed by atoms with van der Waals surface area (Å²) < 4.78 is 3.82. The molecule has 7 heteroatoms. The highest BCUT2D eigenvalue weighted by molar-refractivity contribution is 5.92. The minimum absolute atomic E-state index is 0.0154. The van der Waals surface area contributed by atoms with Crippen LogP contribution in [0.2, 0.25) is 0 Å². The number of carbonyl (C=O) groups excluding carboxylic acids is 2. The molecule has 2 aliphatic rings. The van der Waals surface area contributed by atoms with Crippen molar-refractivity contribution in [2.45, 2.75) is 45.3 Å². The van der Waals surface area contributed by atoms with Crippen molar-refractivity contribution >= 4 is 11.8 Å². The third kappa shape index (κ3) is 3.13. The Morgan fingerprint density at radius 2 is 1.69 bits per heavy atom. The van der Waals surface area contributed by atoms with E-state index in [9.17, 15) is 9.59 Å². The summed E-state index contributed by atoms with van der Waals surface area (Å²) in [6, 6.07) is 5.49. The fourth-order valence-corrected chi connectivity index (χ4v) is 3.83. The number of fused-ring (bicyclic) bond motifs is 1. The second kappa shape index (κ2) is 6.97. The molecule has 0 unspecified atom stereocenters. The molecule has 4 rings (SSSR count). The normalized spacial score (nSPS) is 18.5. The number of hydrogen-bond acceptors (Lipinski definition) is 3. The van der Waals surface area contributed by atoms with Crippen molar-refractivity contribution in [1.29, 1.82) is 0 Å². The van der Waals surface area contributed by atoms with Gasteiger partial charge >= 0.3 is 0 Å². The van der Waals surface area contributed by atoms with E-state index in [2.05, 4.69) is 5.10 Å². The van der Waals surface area contributed by atoms with Gasteiger partial charge in [0.25, 0.3) is 5.91 Å². The lowest BCUT2D eigenvalue weighted by molar-refractivity contribution is -0.134. The Kier molecular flexibility index (Phi) is 4.53. The molecule has 4 heterocycles. The first-order valence-electron chi connectivity index (χ1n) is 9.41. The van der Waals surface area contributed by atoms with Gasteiger partial charge in [0.1, 0.15) is 6.04 Å². The fourth-order valence-electron chi connectivity index (χ4n) is 3.83. The molecule has 1 fully saturated rings. The van der Waals surface area contributed by atoms with Gasteiger partial charge in [0, 0.05) is 38.6 Å². The Bertz CT molecular complexity index is 789. The molecule has 2 aromatic rings. The second-order valence-corrected chi connectivity index (χ2v) is 7.16. The van der Waals surface area contributed by atoms with Crippen molar-refractivity contribution in [2.75, 3.05) is 19.6 Å². The number of nitrogens with zero attached hydrogens (tertiary/aromatic N) is 5. The van der Waals surface area contributed by atoms with Crippen LogP contribution in [0, 0.1) is 0 Å². The summed E-state index contributed by atoms with van der Waals surface area (Å²) in [4.78, 5) is 29.3. The second-order valence-electron chi connectivity index (χ2n) is 7.16. The molecule has 0 radical (unpaired) electrons. The van der Waals surface area contributed by atoms with E-state index >= 15 is 0 Å². The van der Waals surface area contributed by atoms with Crippen molar-refractivity contribution in [3.05, 3.63) is 42.0 Å². The molecule has 138 valence electrons. The Morgan fingerprint density at radius 1 is 1.00 bits per heavy atom. The van der Waals surface area contributed by atoms with Crippen molar-refractivity contribution in [3.8, 4) is 0 Å². The summed E-state index contributed by atoms with van der Waals surface area (Å²) >= 11 is 0. The molecule has 0 saturated carbocycles.